The summed E-state index contributed by atoms with van der Waals surface area (Å²) in [7, 11) is 0. The van der Waals surface area contributed by atoms with Crippen LogP contribution in [0, 0.1) is 10.1 Å². The van der Waals surface area contributed by atoms with Crippen molar-refractivity contribution in [3.8, 4) is 11.1 Å². The molecule has 0 fully saturated rings. The van der Waals surface area contributed by atoms with Gasteiger partial charge >= 0.3 is 0 Å². The molecule has 5 nitrogen and oxygen atoms in total. The number of carboxylic acids is 1. The van der Waals surface area contributed by atoms with Gasteiger partial charge < -0.3 is 9.90 Å². The normalized spacial score (nSPS) is 11.8. The Morgan fingerprint density at radius 1 is 1.16 bits per heavy atom. The molecule has 0 radical (unpaired) electrons. The average molecular weight is 254 g/mol. The average Bonchev–Trinajstić information content (AvgIpc) is 2.75. The van der Waals surface area contributed by atoms with Crippen molar-refractivity contribution in [3.63, 3.8) is 0 Å². The van der Waals surface area contributed by atoms with Crippen LogP contribution in [0.25, 0.3) is 11.1 Å². The molecule has 0 aliphatic heterocycles. The molecule has 5 heteroatoms. The highest BCUT2D eigenvalue weighted by atomic mass is 16.6. The van der Waals surface area contributed by atoms with Gasteiger partial charge in [0.25, 0.3) is 5.69 Å². The van der Waals surface area contributed by atoms with Gasteiger partial charge in [0.1, 0.15) is 0 Å². The van der Waals surface area contributed by atoms with Gasteiger partial charge in [-0.15, -0.1) is 0 Å². The molecular formula is C14H8NO4-. The number of nitro groups is 1. The quantitative estimate of drug-likeness (QED) is 0.512. The molecule has 0 bridgehead atoms. The number of carbonyl (C=O) groups excluding carboxylic acids is 1. The van der Waals surface area contributed by atoms with E-state index < -0.39 is 10.9 Å². The van der Waals surface area contributed by atoms with Crippen molar-refractivity contribution in [2.24, 2.45) is 0 Å². The van der Waals surface area contributed by atoms with E-state index in [2.05, 4.69) is 0 Å². The summed E-state index contributed by atoms with van der Waals surface area (Å²) in [6.07, 6.45) is 0.507. The molecule has 3 rings (SSSR count). The fraction of sp³-hybridized carbons (Fsp3) is 0.0714. The Morgan fingerprint density at radius 2 is 1.95 bits per heavy atom. The maximum atomic E-state index is 11.1. The molecule has 0 atom stereocenters. The second-order valence-electron chi connectivity index (χ2n) is 4.40. The van der Waals surface area contributed by atoms with E-state index in [1.165, 1.54) is 18.2 Å². The molecule has 94 valence electrons. The van der Waals surface area contributed by atoms with Crippen LogP contribution >= 0.6 is 0 Å². The van der Waals surface area contributed by atoms with Crippen molar-refractivity contribution in [2.45, 2.75) is 6.42 Å². The monoisotopic (exact) mass is 254 g/mol. The summed E-state index contributed by atoms with van der Waals surface area (Å²) in [6.45, 7) is 0. The highest BCUT2D eigenvalue weighted by Crippen LogP contribution is 2.40. The number of carbonyl (C=O) groups is 1. The van der Waals surface area contributed by atoms with Gasteiger partial charge in [-0.3, -0.25) is 10.1 Å². The van der Waals surface area contributed by atoms with Crippen LogP contribution in [0.15, 0.2) is 36.4 Å². The van der Waals surface area contributed by atoms with Crippen molar-refractivity contribution in [3.05, 3.63) is 63.2 Å². The highest BCUT2D eigenvalue weighted by Gasteiger charge is 2.23. The zero-order chi connectivity index (χ0) is 13.6. The first-order valence-electron chi connectivity index (χ1n) is 5.69. The maximum Gasteiger partial charge on any atom is 0.269 e. The van der Waals surface area contributed by atoms with Gasteiger partial charge in [0.05, 0.1) is 10.9 Å². The fourth-order valence-electron chi connectivity index (χ4n) is 2.52. The molecular weight excluding hydrogens is 246 g/mol. The van der Waals surface area contributed by atoms with E-state index in [0.717, 1.165) is 16.7 Å². The Balaban J connectivity index is 2.23. The lowest BCUT2D eigenvalue weighted by Gasteiger charge is -2.09. The molecule has 0 unspecified atom stereocenters. The van der Waals surface area contributed by atoms with Gasteiger partial charge in [0.15, 0.2) is 0 Å². The molecule has 0 aromatic heterocycles. The molecule has 0 N–H and O–H groups in total. The minimum absolute atomic E-state index is 0.0153. The molecule has 0 heterocycles. The third-order valence-corrected chi connectivity index (χ3v) is 3.32. The lowest BCUT2D eigenvalue weighted by atomic mass is 9.99. The molecule has 1 aliphatic rings. The molecule has 0 spiro atoms. The first kappa shape index (κ1) is 11.4. The predicted octanol–water partition coefficient (Wildman–Crippen LogP) is 1.53. The Kier molecular flexibility index (Phi) is 2.35. The fourth-order valence-corrected chi connectivity index (χ4v) is 2.52. The Hall–Kier alpha value is -2.69. The summed E-state index contributed by atoms with van der Waals surface area (Å²) in [5.74, 6) is -1.23. The van der Waals surface area contributed by atoms with Crippen LogP contribution < -0.4 is 5.11 Å². The largest absolute Gasteiger partial charge is 0.545 e. The summed E-state index contributed by atoms with van der Waals surface area (Å²) in [5.41, 5.74) is 3.13. The number of nitrogens with zero attached hydrogens (tertiary/aromatic N) is 1. The Labute approximate surface area is 108 Å². The summed E-state index contributed by atoms with van der Waals surface area (Å²) >= 11 is 0. The third-order valence-electron chi connectivity index (χ3n) is 3.32. The Morgan fingerprint density at radius 3 is 2.63 bits per heavy atom. The van der Waals surface area contributed by atoms with Gasteiger partial charge in [-0.05, 0) is 34.7 Å². The van der Waals surface area contributed by atoms with Crippen LogP contribution in [-0.4, -0.2) is 10.9 Å². The zero-order valence-electron chi connectivity index (χ0n) is 9.75. The lowest BCUT2D eigenvalue weighted by Crippen LogP contribution is -2.23. The smallest absolute Gasteiger partial charge is 0.269 e. The SMILES string of the molecule is O=C([O-])c1cccc2c1-c1ccc([N+](=O)[O-])cc1C2. The molecule has 19 heavy (non-hydrogen) atoms. The summed E-state index contributed by atoms with van der Waals surface area (Å²) in [5, 5.41) is 21.9. The van der Waals surface area contributed by atoms with Gasteiger partial charge in [0.2, 0.25) is 0 Å². The topological polar surface area (TPSA) is 83.3 Å². The second-order valence-corrected chi connectivity index (χ2v) is 4.40. The van der Waals surface area contributed by atoms with Crippen LogP contribution in [0.4, 0.5) is 5.69 Å². The summed E-state index contributed by atoms with van der Waals surface area (Å²) in [6, 6.07) is 9.46. The predicted molar refractivity (Wildman–Crippen MR) is 65.7 cm³/mol. The van der Waals surface area contributed by atoms with Crippen molar-refractivity contribution in [1.82, 2.24) is 0 Å². The van der Waals surface area contributed by atoms with E-state index >= 15 is 0 Å². The lowest BCUT2D eigenvalue weighted by molar-refractivity contribution is -0.384. The van der Waals surface area contributed by atoms with Crippen molar-refractivity contribution in [1.29, 1.82) is 0 Å². The Bertz CT molecular complexity index is 721. The number of benzene rings is 2. The van der Waals surface area contributed by atoms with E-state index in [0.29, 0.717) is 12.0 Å². The van der Waals surface area contributed by atoms with Crippen LogP contribution in [-0.2, 0) is 6.42 Å². The standard InChI is InChI=1S/C14H9NO4/c16-14(17)12-3-1-2-8-6-9-7-10(15(18)19)4-5-11(9)13(8)12/h1-5,7H,6H2,(H,16,17)/p-1. The molecule has 0 saturated heterocycles. The van der Waals surface area contributed by atoms with E-state index in [1.54, 1.807) is 12.1 Å². The molecule has 2 aromatic rings. The van der Waals surface area contributed by atoms with E-state index in [1.807, 2.05) is 6.07 Å². The van der Waals surface area contributed by atoms with Crippen LogP contribution in [0.1, 0.15) is 21.5 Å². The van der Waals surface area contributed by atoms with Gasteiger partial charge in [-0.1, -0.05) is 18.2 Å². The molecule has 0 saturated carbocycles. The maximum absolute atomic E-state index is 11.1. The van der Waals surface area contributed by atoms with Crippen molar-refractivity contribution in [2.75, 3.05) is 0 Å². The first-order valence-corrected chi connectivity index (χ1v) is 5.69. The number of non-ortho nitro benzene ring substituents is 1. The van der Waals surface area contributed by atoms with Crippen LogP contribution in [0.5, 0.6) is 0 Å². The van der Waals surface area contributed by atoms with E-state index in [9.17, 15) is 20.0 Å². The van der Waals surface area contributed by atoms with Crippen molar-refractivity contribution >= 4 is 11.7 Å². The van der Waals surface area contributed by atoms with Gasteiger partial charge in [0, 0.05) is 17.7 Å². The summed E-state index contributed by atoms with van der Waals surface area (Å²) < 4.78 is 0. The number of nitro benzene ring substituents is 1. The number of rotatable bonds is 2. The number of aromatic carboxylic acids is 1. The van der Waals surface area contributed by atoms with E-state index in [4.69, 9.17) is 0 Å². The summed E-state index contributed by atoms with van der Waals surface area (Å²) in [4.78, 5) is 21.4. The van der Waals surface area contributed by atoms with Crippen molar-refractivity contribution < 1.29 is 14.8 Å². The number of fused-ring (bicyclic) bond motifs is 3. The minimum Gasteiger partial charge on any atom is -0.545 e. The first-order chi connectivity index (χ1) is 9.08. The van der Waals surface area contributed by atoms with Gasteiger partial charge in [-0.25, -0.2) is 0 Å². The molecule has 2 aromatic carbocycles. The molecule has 1 aliphatic carbocycles. The number of hydrogen-bond acceptors (Lipinski definition) is 4. The minimum atomic E-state index is -1.23. The zero-order valence-corrected chi connectivity index (χ0v) is 9.75. The van der Waals surface area contributed by atoms with Gasteiger partial charge in [-0.2, -0.15) is 0 Å². The highest BCUT2D eigenvalue weighted by molar-refractivity contribution is 5.98. The van der Waals surface area contributed by atoms with E-state index in [-0.39, 0.29) is 11.3 Å². The number of hydrogen-bond donors (Lipinski definition) is 0. The number of carboxylic acid groups (broad SMARTS) is 1. The molecule has 0 amide bonds. The second kappa shape index (κ2) is 3.91. The van der Waals surface area contributed by atoms with Crippen LogP contribution in [0.3, 0.4) is 0 Å². The van der Waals surface area contributed by atoms with Crippen LogP contribution in [0.2, 0.25) is 0 Å². The third kappa shape index (κ3) is 1.67.